The molecule has 0 saturated carbocycles. The monoisotopic (exact) mass is 240 g/mol. The molecule has 0 aliphatic heterocycles. The highest BCUT2D eigenvalue weighted by Crippen LogP contribution is 2.39. The van der Waals surface area contributed by atoms with E-state index in [-0.39, 0.29) is 0 Å². The van der Waals surface area contributed by atoms with E-state index in [1.165, 1.54) is 11.1 Å². The Kier molecular flexibility index (Phi) is 3.04. The number of anilines is 2. The minimum atomic E-state index is 0.796. The van der Waals surface area contributed by atoms with Crippen LogP contribution in [0.1, 0.15) is 22.3 Å². The molecule has 0 radical (unpaired) electrons. The molecular weight excluding hydrogens is 220 g/mol. The molecule has 0 aliphatic rings. The van der Waals surface area contributed by atoms with Crippen LogP contribution in [-0.4, -0.2) is 0 Å². The molecule has 0 unspecified atom stereocenters. The van der Waals surface area contributed by atoms with Crippen LogP contribution in [0.4, 0.5) is 11.4 Å². The van der Waals surface area contributed by atoms with Gasteiger partial charge in [-0.3, -0.25) is 0 Å². The molecule has 0 aliphatic carbocycles. The highest BCUT2D eigenvalue weighted by Gasteiger charge is 2.16. The lowest BCUT2D eigenvalue weighted by Crippen LogP contribution is -2.05. The lowest BCUT2D eigenvalue weighted by atomic mass is 9.90. The summed E-state index contributed by atoms with van der Waals surface area (Å²) in [6, 6.07) is 8.20. The predicted octanol–water partition coefficient (Wildman–Crippen LogP) is 3.75. The number of rotatable bonds is 1. The van der Waals surface area contributed by atoms with Crippen molar-refractivity contribution < 1.29 is 0 Å². The highest BCUT2D eigenvalue weighted by atomic mass is 14.6. The van der Waals surface area contributed by atoms with Gasteiger partial charge in [0.05, 0.1) is 0 Å². The van der Waals surface area contributed by atoms with E-state index in [9.17, 15) is 0 Å². The zero-order valence-electron chi connectivity index (χ0n) is 11.5. The summed E-state index contributed by atoms with van der Waals surface area (Å²) in [5.74, 6) is 0. The van der Waals surface area contributed by atoms with Crippen LogP contribution in [-0.2, 0) is 0 Å². The highest BCUT2D eigenvalue weighted by molar-refractivity contribution is 5.92. The molecular formula is C16H20N2. The van der Waals surface area contributed by atoms with Gasteiger partial charge < -0.3 is 11.5 Å². The minimum absolute atomic E-state index is 0.796. The maximum Gasteiger partial charge on any atom is 0.0447 e. The predicted molar refractivity (Wildman–Crippen MR) is 79.7 cm³/mol. The summed E-state index contributed by atoms with van der Waals surface area (Å²) in [6.07, 6.45) is 0. The van der Waals surface area contributed by atoms with Gasteiger partial charge in [-0.2, -0.15) is 0 Å². The van der Waals surface area contributed by atoms with Gasteiger partial charge in [0.15, 0.2) is 0 Å². The van der Waals surface area contributed by atoms with E-state index < -0.39 is 0 Å². The summed E-state index contributed by atoms with van der Waals surface area (Å²) in [6.45, 7) is 8.26. The van der Waals surface area contributed by atoms with Crippen molar-refractivity contribution in [1.82, 2.24) is 0 Å². The zero-order chi connectivity index (χ0) is 13.4. The Hall–Kier alpha value is -1.96. The molecule has 2 rings (SSSR count). The first-order valence-corrected chi connectivity index (χ1v) is 6.15. The number of hydrogen-bond acceptors (Lipinski definition) is 2. The Balaban J connectivity index is 2.85. The second-order valence-electron chi connectivity index (χ2n) is 4.89. The van der Waals surface area contributed by atoms with Crippen LogP contribution >= 0.6 is 0 Å². The van der Waals surface area contributed by atoms with E-state index in [1.54, 1.807) is 0 Å². The molecule has 2 aromatic carbocycles. The van der Waals surface area contributed by atoms with Gasteiger partial charge in [0, 0.05) is 16.9 Å². The maximum absolute atomic E-state index is 6.27. The summed E-state index contributed by atoms with van der Waals surface area (Å²) < 4.78 is 0. The molecule has 2 nitrogen and oxygen atoms in total. The van der Waals surface area contributed by atoms with Crippen molar-refractivity contribution in [1.29, 1.82) is 0 Å². The molecule has 2 heteroatoms. The molecule has 4 N–H and O–H groups in total. The number of hydrogen-bond donors (Lipinski definition) is 2. The largest absolute Gasteiger partial charge is 0.398 e. The van der Waals surface area contributed by atoms with Gasteiger partial charge in [-0.15, -0.1) is 0 Å². The Morgan fingerprint density at radius 3 is 1.72 bits per heavy atom. The molecule has 0 amide bonds. The first-order valence-electron chi connectivity index (χ1n) is 6.15. The second kappa shape index (κ2) is 4.37. The number of nitrogens with two attached hydrogens (primary N) is 2. The first kappa shape index (κ1) is 12.5. The fourth-order valence-corrected chi connectivity index (χ4v) is 2.35. The van der Waals surface area contributed by atoms with Crippen LogP contribution in [0, 0.1) is 27.7 Å². The lowest BCUT2D eigenvalue weighted by Gasteiger charge is -2.19. The van der Waals surface area contributed by atoms with E-state index in [4.69, 9.17) is 11.5 Å². The molecule has 0 atom stereocenters. The number of benzene rings is 2. The van der Waals surface area contributed by atoms with E-state index >= 15 is 0 Å². The molecule has 18 heavy (non-hydrogen) atoms. The second-order valence-corrected chi connectivity index (χ2v) is 4.89. The van der Waals surface area contributed by atoms with Crippen molar-refractivity contribution in [3.63, 3.8) is 0 Å². The van der Waals surface area contributed by atoms with Gasteiger partial charge >= 0.3 is 0 Å². The third-order valence-corrected chi connectivity index (χ3v) is 3.89. The van der Waals surface area contributed by atoms with Gasteiger partial charge in [0.1, 0.15) is 0 Å². The number of nitrogen functional groups attached to an aromatic ring is 2. The summed E-state index contributed by atoms with van der Waals surface area (Å²) in [5.41, 5.74) is 20.9. The van der Waals surface area contributed by atoms with Crippen molar-refractivity contribution in [2.75, 3.05) is 11.5 Å². The maximum atomic E-state index is 6.27. The van der Waals surface area contributed by atoms with E-state index in [1.807, 2.05) is 12.1 Å². The van der Waals surface area contributed by atoms with Crippen LogP contribution in [0.5, 0.6) is 0 Å². The fourth-order valence-electron chi connectivity index (χ4n) is 2.35. The minimum Gasteiger partial charge on any atom is -0.398 e. The van der Waals surface area contributed by atoms with Crippen LogP contribution in [0.25, 0.3) is 11.1 Å². The van der Waals surface area contributed by atoms with Crippen molar-refractivity contribution in [3.05, 3.63) is 46.5 Å². The number of aryl methyl sites for hydroxylation is 1. The quantitative estimate of drug-likeness (QED) is 0.746. The topological polar surface area (TPSA) is 52.0 Å². The van der Waals surface area contributed by atoms with Crippen LogP contribution in [0.15, 0.2) is 24.3 Å². The molecule has 94 valence electrons. The van der Waals surface area contributed by atoms with E-state index in [0.29, 0.717) is 0 Å². The summed E-state index contributed by atoms with van der Waals surface area (Å²) in [4.78, 5) is 0. The Bertz CT molecular complexity index is 584. The summed E-state index contributed by atoms with van der Waals surface area (Å²) in [5, 5.41) is 0. The molecule has 0 saturated heterocycles. The molecule has 2 aromatic rings. The van der Waals surface area contributed by atoms with Crippen LogP contribution in [0.3, 0.4) is 0 Å². The van der Waals surface area contributed by atoms with Crippen molar-refractivity contribution >= 4 is 11.4 Å². The fraction of sp³-hybridized carbons (Fsp3) is 0.250. The van der Waals surface area contributed by atoms with Crippen LogP contribution < -0.4 is 11.5 Å². The lowest BCUT2D eigenvalue weighted by molar-refractivity contribution is 1.27. The standard InChI is InChI=1S/C16H20N2/c1-9-7-5-6-8-13(9)14-15(17)11(3)10(2)12(4)16(14)18/h5-8H,17-18H2,1-4H3. The van der Waals surface area contributed by atoms with Gasteiger partial charge in [0.2, 0.25) is 0 Å². The van der Waals surface area contributed by atoms with Crippen molar-refractivity contribution in [2.45, 2.75) is 27.7 Å². The Labute approximate surface area is 109 Å². The SMILES string of the molecule is Cc1ccccc1-c1c(N)c(C)c(C)c(C)c1N. The van der Waals surface area contributed by atoms with Gasteiger partial charge in [-0.05, 0) is 55.5 Å². The van der Waals surface area contributed by atoms with E-state index in [2.05, 4.69) is 39.8 Å². The van der Waals surface area contributed by atoms with Crippen molar-refractivity contribution in [2.24, 2.45) is 0 Å². The molecule has 0 spiro atoms. The van der Waals surface area contributed by atoms with Crippen molar-refractivity contribution in [3.8, 4) is 11.1 Å². The third-order valence-electron chi connectivity index (χ3n) is 3.89. The van der Waals surface area contributed by atoms with E-state index in [0.717, 1.165) is 33.6 Å². The summed E-state index contributed by atoms with van der Waals surface area (Å²) >= 11 is 0. The van der Waals surface area contributed by atoms with Crippen LogP contribution in [0.2, 0.25) is 0 Å². The Morgan fingerprint density at radius 2 is 1.22 bits per heavy atom. The third kappa shape index (κ3) is 1.74. The first-order chi connectivity index (χ1) is 8.45. The molecule has 0 fully saturated rings. The molecule has 0 bridgehead atoms. The van der Waals surface area contributed by atoms with Gasteiger partial charge in [-0.1, -0.05) is 24.3 Å². The molecule has 0 aromatic heterocycles. The summed E-state index contributed by atoms with van der Waals surface area (Å²) in [7, 11) is 0. The van der Waals surface area contributed by atoms with Gasteiger partial charge in [0.25, 0.3) is 0 Å². The van der Waals surface area contributed by atoms with Gasteiger partial charge in [-0.25, -0.2) is 0 Å². The Morgan fingerprint density at radius 1 is 0.722 bits per heavy atom. The zero-order valence-corrected chi connectivity index (χ0v) is 11.5. The molecule has 0 heterocycles. The average Bonchev–Trinajstić information content (AvgIpc) is 2.36. The average molecular weight is 240 g/mol. The smallest absolute Gasteiger partial charge is 0.0447 e. The normalized spacial score (nSPS) is 10.7.